The number of likely N-dealkylation sites (tertiary alicyclic amines) is 1. The van der Waals surface area contributed by atoms with Gasteiger partial charge in [-0.15, -0.1) is 0 Å². The van der Waals surface area contributed by atoms with Gasteiger partial charge < -0.3 is 15.4 Å². The van der Waals surface area contributed by atoms with E-state index in [-0.39, 0.29) is 18.1 Å². The van der Waals surface area contributed by atoms with Crippen LogP contribution in [0.4, 0.5) is 0 Å². The zero-order valence-electron chi connectivity index (χ0n) is 11.3. The fraction of sp³-hybridized carbons (Fsp3) is 0.923. The maximum atomic E-state index is 12.1. The van der Waals surface area contributed by atoms with Gasteiger partial charge in [0.2, 0.25) is 0 Å². The summed E-state index contributed by atoms with van der Waals surface area (Å²) in [4.78, 5) is 13.9. The molecular formula is C13H26N2O2. The second kappa shape index (κ2) is 6.97. The van der Waals surface area contributed by atoms with Crippen molar-refractivity contribution in [3.8, 4) is 0 Å². The number of nitrogens with two attached hydrogens (primary N) is 1. The molecule has 0 bridgehead atoms. The number of carbonyl (C=O) groups is 1. The van der Waals surface area contributed by atoms with Gasteiger partial charge in [0.15, 0.2) is 0 Å². The van der Waals surface area contributed by atoms with E-state index in [0.717, 1.165) is 25.8 Å². The molecular weight excluding hydrogens is 216 g/mol. The maximum absolute atomic E-state index is 12.1. The molecule has 1 heterocycles. The predicted octanol–water partition coefficient (Wildman–Crippen LogP) is 1.39. The van der Waals surface area contributed by atoms with Gasteiger partial charge in [-0.3, -0.25) is 4.79 Å². The van der Waals surface area contributed by atoms with Gasteiger partial charge >= 0.3 is 0 Å². The Balaban J connectivity index is 2.30. The molecule has 17 heavy (non-hydrogen) atoms. The van der Waals surface area contributed by atoms with Gasteiger partial charge in [0.05, 0.1) is 0 Å². The molecule has 0 aromatic carbocycles. The minimum atomic E-state index is -0.334. The third-order valence-corrected chi connectivity index (χ3v) is 3.18. The summed E-state index contributed by atoms with van der Waals surface area (Å²) in [7, 11) is 0. The Kier molecular flexibility index (Phi) is 5.92. The molecule has 100 valence electrons. The first-order valence-electron chi connectivity index (χ1n) is 6.66. The highest BCUT2D eigenvalue weighted by atomic mass is 16.5. The van der Waals surface area contributed by atoms with E-state index in [9.17, 15) is 4.79 Å². The summed E-state index contributed by atoms with van der Waals surface area (Å²) < 4.78 is 5.57. The topological polar surface area (TPSA) is 55.6 Å². The largest absolute Gasteiger partial charge is 0.369 e. The van der Waals surface area contributed by atoms with Crippen LogP contribution in [0.25, 0.3) is 0 Å². The van der Waals surface area contributed by atoms with Crippen LogP contribution in [0.2, 0.25) is 0 Å². The van der Waals surface area contributed by atoms with Crippen LogP contribution in [-0.4, -0.2) is 42.6 Å². The van der Waals surface area contributed by atoms with Gasteiger partial charge in [0.1, 0.15) is 6.10 Å². The van der Waals surface area contributed by atoms with Crippen molar-refractivity contribution in [3.05, 3.63) is 0 Å². The number of nitrogens with zero attached hydrogens (tertiary/aromatic N) is 1. The molecule has 2 N–H and O–H groups in total. The van der Waals surface area contributed by atoms with E-state index >= 15 is 0 Å². The van der Waals surface area contributed by atoms with Crippen molar-refractivity contribution in [1.82, 2.24) is 4.90 Å². The third-order valence-electron chi connectivity index (χ3n) is 3.18. The lowest BCUT2D eigenvalue weighted by Crippen LogP contribution is -2.49. The van der Waals surface area contributed by atoms with Gasteiger partial charge in [-0.25, -0.2) is 0 Å². The molecule has 0 aromatic rings. The Morgan fingerprint density at radius 3 is 2.76 bits per heavy atom. The van der Waals surface area contributed by atoms with Gasteiger partial charge in [-0.2, -0.15) is 0 Å². The van der Waals surface area contributed by atoms with Crippen molar-refractivity contribution < 1.29 is 9.53 Å². The number of piperidine rings is 1. The number of ether oxygens (including phenoxy) is 1. The Morgan fingerprint density at radius 2 is 2.18 bits per heavy atom. The fourth-order valence-electron chi connectivity index (χ4n) is 2.02. The highest BCUT2D eigenvalue weighted by Gasteiger charge is 2.25. The van der Waals surface area contributed by atoms with Crippen LogP contribution in [0.3, 0.4) is 0 Å². The minimum absolute atomic E-state index is 0.0870. The molecule has 0 aliphatic carbocycles. The summed E-state index contributed by atoms with van der Waals surface area (Å²) in [5.74, 6) is 0.699. The standard InChI is InChI=1S/C13H26N2O2/c1-10(2)6-8-17-11(3)13(16)15-7-4-5-12(14)9-15/h10-12H,4-9,14H2,1-3H3. The summed E-state index contributed by atoms with van der Waals surface area (Å²) in [6, 6.07) is 0.135. The van der Waals surface area contributed by atoms with Crippen molar-refractivity contribution in [3.63, 3.8) is 0 Å². The summed E-state index contributed by atoms with van der Waals surface area (Å²) in [5, 5.41) is 0. The lowest BCUT2D eigenvalue weighted by atomic mass is 10.1. The summed E-state index contributed by atoms with van der Waals surface area (Å²) >= 11 is 0. The lowest BCUT2D eigenvalue weighted by Gasteiger charge is -2.32. The van der Waals surface area contributed by atoms with E-state index in [2.05, 4.69) is 13.8 Å². The molecule has 1 aliphatic heterocycles. The van der Waals surface area contributed by atoms with E-state index in [1.807, 2.05) is 11.8 Å². The highest BCUT2D eigenvalue weighted by molar-refractivity contribution is 5.80. The first-order valence-corrected chi connectivity index (χ1v) is 6.66. The summed E-state index contributed by atoms with van der Waals surface area (Å²) in [6.07, 6.45) is 2.69. The maximum Gasteiger partial charge on any atom is 0.251 e. The van der Waals surface area contributed by atoms with E-state index in [0.29, 0.717) is 19.1 Å². The van der Waals surface area contributed by atoms with Crippen LogP contribution in [-0.2, 0) is 9.53 Å². The smallest absolute Gasteiger partial charge is 0.251 e. The van der Waals surface area contributed by atoms with Crippen molar-refractivity contribution in [2.24, 2.45) is 11.7 Å². The van der Waals surface area contributed by atoms with Crippen molar-refractivity contribution >= 4 is 5.91 Å². The fourth-order valence-corrected chi connectivity index (χ4v) is 2.02. The summed E-state index contributed by atoms with van der Waals surface area (Å²) in [6.45, 7) is 8.30. The Labute approximate surface area is 104 Å². The molecule has 1 saturated heterocycles. The average Bonchev–Trinajstić information content (AvgIpc) is 2.27. The molecule has 0 saturated carbocycles. The first-order chi connectivity index (χ1) is 8.00. The van der Waals surface area contributed by atoms with Crippen LogP contribution in [0.5, 0.6) is 0 Å². The Morgan fingerprint density at radius 1 is 1.47 bits per heavy atom. The average molecular weight is 242 g/mol. The number of carbonyl (C=O) groups excluding carboxylic acids is 1. The van der Waals surface area contributed by atoms with E-state index in [1.54, 1.807) is 0 Å². The number of hydrogen-bond donors (Lipinski definition) is 1. The van der Waals surface area contributed by atoms with Crippen LogP contribution >= 0.6 is 0 Å². The molecule has 0 aromatic heterocycles. The zero-order chi connectivity index (χ0) is 12.8. The molecule has 0 spiro atoms. The molecule has 0 radical (unpaired) electrons. The number of amides is 1. The summed E-state index contributed by atoms with van der Waals surface area (Å²) in [5.41, 5.74) is 5.87. The van der Waals surface area contributed by atoms with Gasteiger partial charge in [0, 0.05) is 25.7 Å². The Bertz CT molecular complexity index is 244. The molecule has 1 aliphatic rings. The normalized spacial score (nSPS) is 22.9. The predicted molar refractivity (Wildman–Crippen MR) is 68.7 cm³/mol. The molecule has 1 fully saturated rings. The number of hydrogen-bond acceptors (Lipinski definition) is 3. The van der Waals surface area contributed by atoms with Crippen LogP contribution in [0, 0.1) is 5.92 Å². The minimum Gasteiger partial charge on any atom is -0.369 e. The SMILES string of the molecule is CC(C)CCOC(C)C(=O)N1CCCC(N)C1. The molecule has 1 rings (SSSR count). The van der Waals surface area contributed by atoms with Crippen LogP contribution in [0.1, 0.15) is 40.0 Å². The number of rotatable bonds is 5. The lowest BCUT2D eigenvalue weighted by molar-refractivity contribution is -0.144. The monoisotopic (exact) mass is 242 g/mol. The van der Waals surface area contributed by atoms with Crippen molar-refractivity contribution in [2.75, 3.05) is 19.7 Å². The first kappa shape index (κ1) is 14.5. The van der Waals surface area contributed by atoms with Crippen LogP contribution in [0.15, 0.2) is 0 Å². The second-order valence-electron chi connectivity index (χ2n) is 5.38. The van der Waals surface area contributed by atoms with E-state index in [1.165, 1.54) is 0 Å². The third kappa shape index (κ3) is 5.04. The quantitative estimate of drug-likeness (QED) is 0.792. The zero-order valence-corrected chi connectivity index (χ0v) is 11.3. The van der Waals surface area contributed by atoms with E-state index in [4.69, 9.17) is 10.5 Å². The molecule has 2 atom stereocenters. The molecule has 1 amide bonds. The molecule has 4 nitrogen and oxygen atoms in total. The van der Waals surface area contributed by atoms with Gasteiger partial charge in [-0.1, -0.05) is 13.8 Å². The molecule has 2 unspecified atom stereocenters. The highest BCUT2D eigenvalue weighted by Crippen LogP contribution is 2.11. The van der Waals surface area contributed by atoms with E-state index < -0.39 is 0 Å². The Hall–Kier alpha value is -0.610. The molecule has 4 heteroatoms. The van der Waals surface area contributed by atoms with Crippen molar-refractivity contribution in [1.29, 1.82) is 0 Å². The van der Waals surface area contributed by atoms with Gasteiger partial charge in [0.25, 0.3) is 5.91 Å². The van der Waals surface area contributed by atoms with Gasteiger partial charge in [-0.05, 0) is 32.1 Å². The van der Waals surface area contributed by atoms with Crippen molar-refractivity contribution in [2.45, 2.75) is 52.2 Å². The second-order valence-corrected chi connectivity index (χ2v) is 5.38. The van der Waals surface area contributed by atoms with Crippen LogP contribution < -0.4 is 5.73 Å².